The first-order chi connectivity index (χ1) is 14.7. The van der Waals surface area contributed by atoms with Crippen LogP contribution in [0.2, 0.25) is 0 Å². The summed E-state index contributed by atoms with van der Waals surface area (Å²) in [4.78, 5) is 13.3. The van der Waals surface area contributed by atoms with Gasteiger partial charge in [-0.3, -0.25) is 4.79 Å². The number of thioether (sulfide) groups is 1. The molecule has 31 heavy (non-hydrogen) atoms. The molecule has 6 nitrogen and oxygen atoms in total. The lowest BCUT2D eigenvalue weighted by atomic mass is 10.1. The quantitative estimate of drug-likeness (QED) is 0.387. The second-order valence-electron chi connectivity index (χ2n) is 6.97. The molecule has 8 heteroatoms. The number of amides is 1. The first-order valence-electron chi connectivity index (χ1n) is 9.42. The molecule has 0 aliphatic heterocycles. The number of methoxy groups -OCH3 is 1. The minimum atomic E-state index is -3.61. The van der Waals surface area contributed by atoms with Gasteiger partial charge in [0.1, 0.15) is 16.4 Å². The molecule has 0 saturated heterocycles. The van der Waals surface area contributed by atoms with E-state index in [9.17, 15) is 18.3 Å². The monoisotopic (exact) mass is 457 g/mol. The summed E-state index contributed by atoms with van der Waals surface area (Å²) >= 11 is 1.67. The Balaban J connectivity index is 1.67. The summed E-state index contributed by atoms with van der Waals surface area (Å²) in [5.41, 5.74) is 1.90. The van der Waals surface area contributed by atoms with Crippen LogP contribution in [0, 0.1) is 0 Å². The van der Waals surface area contributed by atoms with Gasteiger partial charge in [0.15, 0.2) is 9.84 Å². The number of ether oxygens (including phenoxy) is 1. The van der Waals surface area contributed by atoms with Crippen LogP contribution in [0.4, 0.5) is 5.69 Å². The molecule has 0 fully saturated rings. The molecule has 1 amide bonds. The maximum Gasteiger partial charge on any atom is 0.255 e. The SMILES string of the molecule is COc1ccc(C(C)Sc2ccc(C(=O)Nc3ccc(O)c(S(C)(=O)=O)c3)cc2)cc1. The Labute approximate surface area is 186 Å². The lowest BCUT2D eigenvalue weighted by molar-refractivity contribution is 0.102. The van der Waals surface area contributed by atoms with Crippen molar-refractivity contribution < 1.29 is 23.1 Å². The van der Waals surface area contributed by atoms with E-state index in [1.807, 2.05) is 36.4 Å². The highest BCUT2D eigenvalue weighted by Crippen LogP contribution is 2.35. The summed E-state index contributed by atoms with van der Waals surface area (Å²) in [7, 11) is -1.98. The second kappa shape index (κ2) is 9.45. The van der Waals surface area contributed by atoms with Gasteiger partial charge in [-0.25, -0.2) is 8.42 Å². The van der Waals surface area contributed by atoms with E-state index in [4.69, 9.17) is 4.74 Å². The third kappa shape index (κ3) is 5.80. The van der Waals surface area contributed by atoms with Crippen molar-refractivity contribution in [3.8, 4) is 11.5 Å². The van der Waals surface area contributed by atoms with Crippen LogP contribution in [0.25, 0.3) is 0 Å². The highest BCUT2D eigenvalue weighted by molar-refractivity contribution is 7.99. The topological polar surface area (TPSA) is 92.7 Å². The fourth-order valence-corrected chi connectivity index (χ4v) is 4.71. The molecule has 3 aromatic carbocycles. The maximum atomic E-state index is 12.5. The van der Waals surface area contributed by atoms with Crippen LogP contribution in [0.1, 0.15) is 28.1 Å². The molecule has 0 heterocycles. The van der Waals surface area contributed by atoms with E-state index in [2.05, 4.69) is 12.2 Å². The van der Waals surface area contributed by atoms with Gasteiger partial charge in [0.05, 0.1) is 7.11 Å². The minimum absolute atomic E-state index is 0.219. The van der Waals surface area contributed by atoms with Crippen molar-refractivity contribution in [3.05, 3.63) is 77.9 Å². The van der Waals surface area contributed by atoms with Crippen molar-refractivity contribution in [3.63, 3.8) is 0 Å². The second-order valence-corrected chi connectivity index (χ2v) is 10.4. The van der Waals surface area contributed by atoms with Crippen LogP contribution in [0.3, 0.4) is 0 Å². The van der Waals surface area contributed by atoms with Crippen molar-refractivity contribution in [2.24, 2.45) is 0 Å². The molecule has 0 bridgehead atoms. The third-order valence-corrected chi connectivity index (χ3v) is 6.93. The molecule has 0 aliphatic rings. The van der Waals surface area contributed by atoms with Gasteiger partial charge in [0.2, 0.25) is 0 Å². The van der Waals surface area contributed by atoms with Crippen molar-refractivity contribution in [1.82, 2.24) is 0 Å². The molecule has 162 valence electrons. The van der Waals surface area contributed by atoms with Gasteiger partial charge in [0.25, 0.3) is 5.91 Å². The number of carbonyl (C=O) groups is 1. The summed E-state index contributed by atoms with van der Waals surface area (Å²) in [6, 6.07) is 19.0. The molecular formula is C23H23NO5S2. The smallest absolute Gasteiger partial charge is 0.255 e. The summed E-state index contributed by atoms with van der Waals surface area (Å²) in [6.07, 6.45) is 0.997. The Morgan fingerprint density at radius 3 is 2.26 bits per heavy atom. The molecule has 0 aliphatic carbocycles. The summed E-state index contributed by atoms with van der Waals surface area (Å²) in [6.45, 7) is 2.11. The lowest BCUT2D eigenvalue weighted by Gasteiger charge is -2.13. The molecule has 1 atom stereocenters. The average Bonchev–Trinajstić information content (AvgIpc) is 2.74. The molecule has 0 aromatic heterocycles. The van der Waals surface area contributed by atoms with Crippen LogP contribution in [-0.2, 0) is 9.84 Å². The first kappa shape index (κ1) is 22.7. The van der Waals surface area contributed by atoms with E-state index in [1.54, 1.807) is 31.0 Å². The number of phenols is 1. The van der Waals surface area contributed by atoms with E-state index < -0.39 is 9.84 Å². The molecule has 3 rings (SSSR count). The standard InChI is InChI=1S/C23H23NO5S2/c1-15(16-4-9-19(29-2)10-5-16)30-20-11-6-17(7-12-20)23(26)24-18-8-13-21(25)22(14-18)31(3,27)28/h4-15,25H,1-3H3,(H,24,26). The fourth-order valence-electron chi connectivity index (χ4n) is 2.92. The summed E-state index contributed by atoms with van der Waals surface area (Å²) in [5.74, 6) is 0.0892. The lowest BCUT2D eigenvalue weighted by Crippen LogP contribution is -2.12. The van der Waals surface area contributed by atoms with E-state index in [1.165, 1.54) is 23.8 Å². The normalized spacial score (nSPS) is 12.2. The maximum absolute atomic E-state index is 12.5. The zero-order chi connectivity index (χ0) is 22.6. The van der Waals surface area contributed by atoms with Crippen molar-refractivity contribution in [1.29, 1.82) is 0 Å². The number of carbonyl (C=O) groups excluding carboxylic acids is 1. The summed E-state index contributed by atoms with van der Waals surface area (Å²) < 4.78 is 28.7. The zero-order valence-electron chi connectivity index (χ0n) is 17.3. The number of aromatic hydroxyl groups is 1. The highest BCUT2D eigenvalue weighted by Gasteiger charge is 2.15. The molecule has 0 spiro atoms. The van der Waals surface area contributed by atoms with Gasteiger partial charge in [-0.1, -0.05) is 12.1 Å². The Morgan fingerprint density at radius 1 is 1.03 bits per heavy atom. The predicted octanol–water partition coefficient (Wildman–Crippen LogP) is 4.91. The van der Waals surface area contributed by atoms with Gasteiger partial charge in [-0.05, 0) is 67.1 Å². The van der Waals surface area contributed by atoms with Crippen LogP contribution in [-0.4, -0.2) is 32.8 Å². The number of sulfone groups is 1. The molecule has 0 saturated carbocycles. The molecule has 1 unspecified atom stereocenters. The predicted molar refractivity (Wildman–Crippen MR) is 123 cm³/mol. The van der Waals surface area contributed by atoms with Gasteiger partial charge in [-0.2, -0.15) is 0 Å². The van der Waals surface area contributed by atoms with E-state index in [-0.39, 0.29) is 27.5 Å². The van der Waals surface area contributed by atoms with E-state index in [0.29, 0.717) is 5.56 Å². The number of hydrogen-bond acceptors (Lipinski definition) is 6. The van der Waals surface area contributed by atoms with Crippen LogP contribution < -0.4 is 10.1 Å². The van der Waals surface area contributed by atoms with Gasteiger partial charge >= 0.3 is 0 Å². The summed E-state index contributed by atoms with van der Waals surface area (Å²) in [5, 5.41) is 12.6. The molecule has 2 N–H and O–H groups in total. The first-order valence-corrected chi connectivity index (χ1v) is 12.2. The number of nitrogens with one attached hydrogen (secondary N) is 1. The van der Waals surface area contributed by atoms with Crippen LogP contribution in [0.15, 0.2) is 76.5 Å². The largest absolute Gasteiger partial charge is 0.507 e. The zero-order valence-corrected chi connectivity index (χ0v) is 19.0. The Morgan fingerprint density at radius 2 is 1.68 bits per heavy atom. The Hall–Kier alpha value is -2.97. The number of benzene rings is 3. The van der Waals surface area contributed by atoms with Crippen LogP contribution in [0.5, 0.6) is 11.5 Å². The van der Waals surface area contributed by atoms with Gasteiger partial charge in [0, 0.05) is 27.7 Å². The Bertz CT molecular complexity index is 1170. The minimum Gasteiger partial charge on any atom is -0.507 e. The van der Waals surface area contributed by atoms with Crippen molar-refractivity contribution >= 4 is 33.2 Å². The van der Waals surface area contributed by atoms with Gasteiger partial charge in [-0.15, -0.1) is 11.8 Å². The molecular weight excluding hydrogens is 434 g/mol. The Kier molecular flexibility index (Phi) is 6.92. The van der Waals surface area contributed by atoms with Crippen molar-refractivity contribution in [2.45, 2.75) is 22.0 Å². The van der Waals surface area contributed by atoms with E-state index in [0.717, 1.165) is 16.9 Å². The van der Waals surface area contributed by atoms with E-state index >= 15 is 0 Å². The molecule has 0 radical (unpaired) electrons. The average molecular weight is 458 g/mol. The van der Waals surface area contributed by atoms with Gasteiger partial charge < -0.3 is 15.2 Å². The van der Waals surface area contributed by atoms with Crippen molar-refractivity contribution in [2.75, 3.05) is 18.7 Å². The number of hydrogen-bond donors (Lipinski definition) is 2. The fraction of sp³-hybridized carbons (Fsp3) is 0.174. The number of phenolic OH excluding ortho intramolecular Hbond substituents is 1. The molecule has 3 aromatic rings. The number of rotatable bonds is 7. The highest BCUT2D eigenvalue weighted by atomic mass is 32.2. The number of anilines is 1. The third-order valence-electron chi connectivity index (χ3n) is 4.63. The van der Waals surface area contributed by atoms with Crippen LogP contribution >= 0.6 is 11.8 Å².